The summed E-state index contributed by atoms with van der Waals surface area (Å²) in [4.78, 5) is 0. The van der Waals surface area contributed by atoms with Gasteiger partial charge < -0.3 is 42.0 Å². The Morgan fingerprint density at radius 3 is 0.667 bits per heavy atom. The van der Waals surface area contributed by atoms with E-state index < -0.39 is 10.4 Å². The van der Waals surface area contributed by atoms with Crippen LogP contribution in [-0.2, 0) is 27.5 Å². The Morgan fingerprint density at radius 1 is 0.667 bits per heavy atom. The minimum Gasteiger partial charge on any atom is -0.759 e. The topological polar surface area (TPSA) is 269 Å². The van der Waals surface area contributed by atoms with Crippen molar-refractivity contribution in [3.8, 4) is 0 Å². The van der Waals surface area contributed by atoms with Crippen molar-refractivity contribution < 1.29 is 67.4 Å². The molecule has 0 aliphatic heterocycles. The van der Waals surface area contributed by atoms with Crippen molar-refractivity contribution in [2.24, 2.45) is 0 Å². The van der Waals surface area contributed by atoms with Crippen LogP contribution >= 0.6 is 0 Å². The second kappa shape index (κ2) is 30.4. The summed E-state index contributed by atoms with van der Waals surface area (Å²) in [6, 6.07) is 0. The van der Waals surface area contributed by atoms with Gasteiger partial charge in [-0.2, -0.15) is 0 Å². The summed E-state index contributed by atoms with van der Waals surface area (Å²) in [5, 5.41) is 0. The fourth-order valence-electron chi connectivity index (χ4n) is 0. The SMILES string of the molecule is O.O.O.O.O.O.O=S(=O)([O-])[O-].[Fe+3]. The van der Waals surface area contributed by atoms with Crippen LogP contribution in [0.15, 0.2) is 0 Å². The molecule has 0 aliphatic carbocycles. The number of hydrogen-bond acceptors (Lipinski definition) is 4. The largest absolute Gasteiger partial charge is 3.00 e. The van der Waals surface area contributed by atoms with Crippen LogP contribution in [0.2, 0.25) is 0 Å². The van der Waals surface area contributed by atoms with Crippen LogP contribution in [0.5, 0.6) is 0 Å². The van der Waals surface area contributed by atoms with Crippen LogP contribution in [-0.4, -0.2) is 50.4 Å². The fraction of sp³-hybridized carbons (Fsp3) is 0. The molecule has 85 valence electrons. The molecule has 1 radical (unpaired) electrons. The van der Waals surface area contributed by atoms with Gasteiger partial charge in [-0.05, 0) is 0 Å². The molecule has 0 saturated heterocycles. The number of hydrogen-bond donors (Lipinski definition) is 0. The summed E-state index contributed by atoms with van der Waals surface area (Å²) in [5.74, 6) is 0. The molecule has 0 aromatic carbocycles. The molecule has 0 spiro atoms. The van der Waals surface area contributed by atoms with E-state index in [1.807, 2.05) is 0 Å². The molecular weight excluding hydrogens is 248 g/mol. The Morgan fingerprint density at radius 2 is 0.667 bits per heavy atom. The Balaban J connectivity index is -0.00000000381. The molecule has 12 N–H and O–H groups in total. The first-order valence-electron chi connectivity index (χ1n) is 0.667. The first-order valence-corrected chi connectivity index (χ1v) is 2.00. The van der Waals surface area contributed by atoms with Gasteiger partial charge in [0.2, 0.25) is 0 Å². The van der Waals surface area contributed by atoms with E-state index in [1.54, 1.807) is 0 Å². The van der Waals surface area contributed by atoms with E-state index in [0.717, 1.165) is 0 Å². The average molecular weight is 260 g/mol. The molecule has 12 heteroatoms. The maximum Gasteiger partial charge on any atom is 3.00 e. The van der Waals surface area contributed by atoms with Crippen molar-refractivity contribution in [3.63, 3.8) is 0 Å². The smallest absolute Gasteiger partial charge is 0.759 e. The van der Waals surface area contributed by atoms with Crippen molar-refractivity contribution >= 4 is 10.4 Å². The quantitative estimate of drug-likeness (QED) is 0.233. The van der Waals surface area contributed by atoms with E-state index in [9.17, 15) is 0 Å². The van der Waals surface area contributed by atoms with Crippen LogP contribution in [0.3, 0.4) is 0 Å². The second-order valence-electron chi connectivity index (χ2n) is 0.408. The Kier molecular flexibility index (Phi) is 222. The van der Waals surface area contributed by atoms with Gasteiger partial charge in [-0.1, -0.05) is 0 Å². The van der Waals surface area contributed by atoms with Gasteiger partial charge in [0.1, 0.15) is 0 Å². The third-order valence-corrected chi connectivity index (χ3v) is 0. The molecule has 0 aliphatic rings. The summed E-state index contributed by atoms with van der Waals surface area (Å²) in [6.45, 7) is 0. The van der Waals surface area contributed by atoms with Gasteiger partial charge in [0.25, 0.3) is 0 Å². The second-order valence-corrected chi connectivity index (χ2v) is 1.22. The summed E-state index contributed by atoms with van der Waals surface area (Å²) in [5.41, 5.74) is 0. The van der Waals surface area contributed by atoms with Crippen LogP contribution in [0.25, 0.3) is 0 Å². The third-order valence-electron chi connectivity index (χ3n) is 0. The first kappa shape index (κ1) is 87.7. The van der Waals surface area contributed by atoms with Crippen LogP contribution in [0.4, 0.5) is 0 Å². The van der Waals surface area contributed by atoms with Gasteiger partial charge >= 0.3 is 17.1 Å². The van der Waals surface area contributed by atoms with Gasteiger partial charge in [-0.25, -0.2) is 0 Å². The molecule has 0 unspecified atom stereocenters. The molecule has 10 nitrogen and oxygen atoms in total. The molecule has 0 rings (SSSR count). The predicted octanol–water partition coefficient (Wildman–Crippen LogP) is -6.29. The first-order chi connectivity index (χ1) is 2.00. The Hall–Kier alpha value is 0.149. The molecular formula is H12FeO10S+. The van der Waals surface area contributed by atoms with Gasteiger partial charge in [0, 0.05) is 10.4 Å². The van der Waals surface area contributed by atoms with E-state index in [2.05, 4.69) is 0 Å². The Labute approximate surface area is 78.5 Å². The molecule has 0 aromatic rings. The molecule has 0 atom stereocenters. The molecule has 0 fully saturated rings. The van der Waals surface area contributed by atoms with Crippen molar-refractivity contribution in [1.82, 2.24) is 0 Å². The Bertz CT molecular complexity index is 93.0. The molecule has 0 bridgehead atoms. The van der Waals surface area contributed by atoms with E-state index in [0.29, 0.717) is 0 Å². The summed E-state index contributed by atoms with van der Waals surface area (Å²) in [7, 11) is -5.17. The van der Waals surface area contributed by atoms with Crippen LogP contribution < -0.4 is 0 Å². The summed E-state index contributed by atoms with van der Waals surface area (Å²) in [6.07, 6.45) is 0. The number of rotatable bonds is 0. The fourth-order valence-corrected chi connectivity index (χ4v) is 0. The van der Waals surface area contributed by atoms with Gasteiger partial charge in [-0.15, -0.1) is 0 Å². The minimum atomic E-state index is -5.17. The predicted molar refractivity (Wildman–Crippen MR) is 32.2 cm³/mol. The summed E-state index contributed by atoms with van der Waals surface area (Å²) >= 11 is 0. The molecule has 0 aromatic heterocycles. The van der Waals surface area contributed by atoms with Gasteiger partial charge in [0.15, 0.2) is 0 Å². The van der Waals surface area contributed by atoms with E-state index in [1.165, 1.54) is 0 Å². The van der Waals surface area contributed by atoms with Crippen molar-refractivity contribution in [2.75, 3.05) is 0 Å². The molecule has 0 heterocycles. The van der Waals surface area contributed by atoms with Gasteiger partial charge in [-0.3, -0.25) is 8.42 Å². The average Bonchev–Trinajstić information content (AvgIpc) is 0.722. The normalized spacial score (nSPS) is 4.83. The monoisotopic (exact) mass is 260 g/mol. The van der Waals surface area contributed by atoms with Crippen molar-refractivity contribution in [2.45, 2.75) is 0 Å². The zero-order chi connectivity index (χ0) is 4.50. The third kappa shape index (κ3) is 38000. The zero-order valence-electron chi connectivity index (χ0n) is 5.39. The molecule has 0 amide bonds. The van der Waals surface area contributed by atoms with Crippen molar-refractivity contribution in [1.29, 1.82) is 0 Å². The molecule has 0 saturated carbocycles. The summed E-state index contributed by atoms with van der Waals surface area (Å²) < 4.78 is 34.1. The maximum absolute atomic E-state index is 8.52. The van der Waals surface area contributed by atoms with E-state index in [-0.39, 0.29) is 49.9 Å². The van der Waals surface area contributed by atoms with E-state index >= 15 is 0 Å². The van der Waals surface area contributed by atoms with Crippen LogP contribution in [0.1, 0.15) is 0 Å². The zero-order valence-corrected chi connectivity index (χ0v) is 7.32. The molecule has 12 heavy (non-hydrogen) atoms. The van der Waals surface area contributed by atoms with E-state index in [4.69, 9.17) is 17.5 Å². The van der Waals surface area contributed by atoms with Gasteiger partial charge in [0.05, 0.1) is 0 Å². The maximum atomic E-state index is 8.52. The van der Waals surface area contributed by atoms with Crippen molar-refractivity contribution in [3.05, 3.63) is 0 Å². The minimum absolute atomic E-state index is 0. The standard InChI is InChI=1S/Fe.H2O4S.6H2O/c;1-5(2,3)4;;;;;;/h;(H2,1,2,3,4);6*1H2/q+3;;;;;;;/p-2. The van der Waals surface area contributed by atoms with Crippen LogP contribution in [0, 0.1) is 0 Å².